The fourth-order valence-electron chi connectivity index (χ4n) is 2.94. The molecule has 0 amide bonds. The van der Waals surface area contributed by atoms with Crippen LogP contribution in [0.1, 0.15) is 18.4 Å². The number of para-hydroxylation sites is 1. The van der Waals surface area contributed by atoms with Gasteiger partial charge in [0.15, 0.2) is 0 Å². The molecule has 1 heterocycles. The second-order valence-corrected chi connectivity index (χ2v) is 6.48. The highest BCUT2D eigenvalue weighted by Gasteiger charge is 2.39. The molecule has 2 aromatic carbocycles. The van der Waals surface area contributed by atoms with E-state index >= 15 is 0 Å². The molecule has 3 heteroatoms. The summed E-state index contributed by atoms with van der Waals surface area (Å²) in [5, 5.41) is 3.42. The normalized spacial score (nSPS) is 16.2. The zero-order chi connectivity index (χ0) is 14.5. The Morgan fingerprint density at radius 3 is 2.38 bits per heavy atom. The molecular weight excluding hydrogens is 326 g/mol. The van der Waals surface area contributed by atoms with Gasteiger partial charge in [0.05, 0.1) is 6.61 Å². The minimum absolute atomic E-state index is 0.264. The van der Waals surface area contributed by atoms with Gasteiger partial charge < -0.3 is 10.1 Å². The Balaban J connectivity index is 1.57. The Kier molecular flexibility index (Phi) is 4.61. The van der Waals surface area contributed by atoms with Gasteiger partial charge in [0.25, 0.3) is 0 Å². The summed E-state index contributed by atoms with van der Waals surface area (Å²) in [6, 6.07) is 18.6. The van der Waals surface area contributed by atoms with Crippen LogP contribution < -0.4 is 10.1 Å². The first-order chi connectivity index (χ1) is 10.3. The number of halogens is 1. The highest BCUT2D eigenvalue weighted by molar-refractivity contribution is 9.10. The first-order valence-corrected chi connectivity index (χ1v) is 8.23. The SMILES string of the molecule is Brc1ccccc1C1(CCCOc2ccccc2)CNC1. The van der Waals surface area contributed by atoms with Crippen molar-refractivity contribution in [1.82, 2.24) is 5.32 Å². The summed E-state index contributed by atoms with van der Waals surface area (Å²) in [5.74, 6) is 0.958. The molecule has 3 rings (SSSR count). The second kappa shape index (κ2) is 6.63. The molecule has 1 saturated heterocycles. The monoisotopic (exact) mass is 345 g/mol. The van der Waals surface area contributed by atoms with E-state index in [4.69, 9.17) is 4.74 Å². The van der Waals surface area contributed by atoms with Crippen molar-refractivity contribution in [3.05, 3.63) is 64.6 Å². The lowest BCUT2D eigenvalue weighted by molar-refractivity contribution is 0.222. The van der Waals surface area contributed by atoms with Crippen molar-refractivity contribution in [1.29, 1.82) is 0 Å². The van der Waals surface area contributed by atoms with Crippen LogP contribution in [0.15, 0.2) is 59.1 Å². The number of hydrogen-bond donors (Lipinski definition) is 1. The molecule has 0 radical (unpaired) electrons. The summed E-state index contributed by atoms with van der Waals surface area (Å²) in [4.78, 5) is 0. The first-order valence-electron chi connectivity index (χ1n) is 7.44. The van der Waals surface area contributed by atoms with Gasteiger partial charge in [-0.1, -0.05) is 52.3 Å². The van der Waals surface area contributed by atoms with E-state index < -0.39 is 0 Å². The fourth-order valence-corrected chi connectivity index (χ4v) is 3.64. The summed E-state index contributed by atoms with van der Waals surface area (Å²) in [5.41, 5.74) is 1.68. The van der Waals surface area contributed by atoms with Crippen LogP contribution in [0.25, 0.3) is 0 Å². The lowest BCUT2D eigenvalue weighted by atomic mass is 9.72. The van der Waals surface area contributed by atoms with E-state index in [1.54, 1.807) is 0 Å². The van der Waals surface area contributed by atoms with Crippen molar-refractivity contribution in [2.24, 2.45) is 0 Å². The van der Waals surface area contributed by atoms with Gasteiger partial charge in [-0.3, -0.25) is 0 Å². The van der Waals surface area contributed by atoms with Crippen molar-refractivity contribution < 1.29 is 4.74 Å². The molecule has 0 saturated carbocycles. The maximum Gasteiger partial charge on any atom is 0.119 e. The number of benzene rings is 2. The molecule has 0 aromatic heterocycles. The van der Waals surface area contributed by atoms with Crippen molar-refractivity contribution in [2.45, 2.75) is 18.3 Å². The standard InChI is InChI=1S/C18H20BrNO/c19-17-10-5-4-9-16(17)18(13-20-14-18)11-6-12-21-15-7-2-1-3-8-15/h1-5,7-10,20H,6,11-14H2. The molecule has 0 unspecified atom stereocenters. The average molecular weight is 346 g/mol. The van der Waals surface area contributed by atoms with Crippen LogP contribution in [-0.4, -0.2) is 19.7 Å². The third-order valence-corrected chi connectivity index (χ3v) is 4.88. The topological polar surface area (TPSA) is 21.3 Å². The highest BCUT2D eigenvalue weighted by atomic mass is 79.9. The summed E-state index contributed by atoms with van der Waals surface area (Å²) >= 11 is 3.69. The summed E-state index contributed by atoms with van der Waals surface area (Å²) in [6.07, 6.45) is 2.22. The smallest absolute Gasteiger partial charge is 0.119 e. The van der Waals surface area contributed by atoms with E-state index in [0.29, 0.717) is 0 Å². The minimum atomic E-state index is 0.264. The van der Waals surface area contributed by atoms with E-state index in [0.717, 1.165) is 38.3 Å². The Morgan fingerprint density at radius 2 is 1.71 bits per heavy atom. The first kappa shape index (κ1) is 14.6. The largest absolute Gasteiger partial charge is 0.494 e. The quantitative estimate of drug-likeness (QED) is 0.794. The highest BCUT2D eigenvalue weighted by Crippen LogP contribution is 2.37. The van der Waals surface area contributed by atoms with E-state index in [1.165, 1.54) is 10.0 Å². The van der Waals surface area contributed by atoms with E-state index in [1.807, 2.05) is 30.3 Å². The maximum absolute atomic E-state index is 5.80. The van der Waals surface area contributed by atoms with Crippen LogP contribution in [0.3, 0.4) is 0 Å². The average Bonchev–Trinajstić information content (AvgIpc) is 2.48. The molecule has 1 N–H and O–H groups in total. The lowest BCUT2D eigenvalue weighted by Gasteiger charge is -2.44. The van der Waals surface area contributed by atoms with Crippen molar-refractivity contribution in [2.75, 3.05) is 19.7 Å². The Labute approximate surface area is 134 Å². The van der Waals surface area contributed by atoms with Gasteiger partial charge in [-0.15, -0.1) is 0 Å². The molecule has 21 heavy (non-hydrogen) atoms. The molecule has 110 valence electrons. The Morgan fingerprint density at radius 1 is 1.00 bits per heavy atom. The van der Waals surface area contributed by atoms with Crippen molar-refractivity contribution in [3.63, 3.8) is 0 Å². The number of nitrogens with one attached hydrogen (secondary N) is 1. The van der Waals surface area contributed by atoms with E-state index in [-0.39, 0.29) is 5.41 Å². The Hall–Kier alpha value is -1.32. The van der Waals surface area contributed by atoms with Crippen LogP contribution in [0, 0.1) is 0 Å². The number of hydrogen-bond acceptors (Lipinski definition) is 2. The zero-order valence-electron chi connectivity index (χ0n) is 12.0. The van der Waals surface area contributed by atoms with E-state index in [9.17, 15) is 0 Å². The molecule has 0 aliphatic carbocycles. The molecule has 1 aliphatic heterocycles. The maximum atomic E-state index is 5.80. The second-order valence-electron chi connectivity index (χ2n) is 5.63. The van der Waals surface area contributed by atoms with Gasteiger partial charge >= 0.3 is 0 Å². The summed E-state index contributed by atoms with van der Waals surface area (Å²) in [7, 11) is 0. The van der Waals surface area contributed by atoms with Crippen molar-refractivity contribution in [3.8, 4) is 5.75 Å². The predicted octanol–water partition coefficient (Wildman–Crippen LogP) is 4.15. The number of ether oxygens (including phenoxy) is 1. The molecule has 0 bridgehead atoms. The third kappa shape index (κ3) is 3.30. The molecule has 1 fully saturated rings. The molecule has 2 aromatic rings. The van der Waals surface area contributed by atoms with Gasteiger partial charge in [0.2, 0.25) is 0 Å². The Bertz CT molecular complexity index is 581. The third-order valence-electron chi connectivity index (χ3n) is 4.18. The fraction of sp³-hybridized carbons (Fsp3) is 0.333. The predicted molar refractivity (Wildman–Crippen MR) is 89.9 cm³/mol. The van der Waals surface area contributed by atoms with Crippen molar-refractivity contribution >= 4 is 15.9 Å². The molecule has 2 nitrogen and oxygen atoms in total. The van der Waals surface area contributed by atoms with Gasteiger partial charge in [-0.2, -0.15) is 0 Å². The van der Waals surface area contributed by atoms with E-state index in [2.05, 4.69) is 45.5 Å². The van der Waals surface area contributed by atoms with Crippen LogP contribution in [0.5, 0.6) is 5.75 Å². The van der Waals surface area contributed by atoms with Gasteiger partial charge in [-0.25, -0.2) is 0 Å². The van der Waals surface area contributed by atoms with Crippen LogP contribution in [0.4, 0.5) is 0 Å². The molecule has 0 spiro atoms. The van der Waals surface area contributed by atoms with Gasteiger partial charge in [0, 0.05) is 23.0 Å². The summed E-state index contributed by atoms with van der Waals surface area (Å²) < 4.78 is 7.02. The van der Waals surface area contributed by atoms with Crippen LogP contribution in [-0.2, 0) is 5.41 Å². The molecule has 1 aliphatic rings. The minimum Gasteiger partial charge on any atom is -0.494 e. The van der Waals surface area contributed by atoms with Gasteiger partial charge in [-0.05, 0) is 36.6 Å². The van der Waals surface area contributed by atoms with Gasteiger partial charge in [0.1, 0.15) is 5.75 Å². The lowest BCUT2D eigenvalue weighted by Crippen LogP contribution is -2.57. The van der Waals surface area contributed by atoms with Crippen LogP contribution in [0.2, 0.25) is 0 Å². The summed E-state index contributed by atoms with van der Waals surface area (Å²) in [6.45, 7) is 2.89. The number of rotatable bonds is 6. The van der Waals surface area contributed by atoms with Crippen LogP contribution >= 0.6 is 15.9 Å². The zero-order valence-corrected chi connectivity index (χ0v) is 13.6. The molecule has 0 atom stereocenters. The molecular formula is C18H20BrNO.